The molecule has 1 saturated heterocycles. The first-order valence-corrected chi connectivity index (χ1v) is 8.89. The first-order valence-electron chi connectivity index (χ1n) is 7.45. The van der Waals surface area contributed by atoms with Crippen LogP contribution in [0.15, 0.2) is 35.5 Å². The zero-order chi connectivity index (χ0) is 18.9. The Hall–Kier alpha value is -2.73. The van der Waals surface area contributed by atoms with E-state index < -0.39 is 31.5 Å². The highest BCUT2D eigenvalue weighted by Gasteiger charge is 2.31. The van der Waals surface area contributed by atoms with E-state index in [2.05, 4.69) is 9.97 Å². The third-order valence-electron chi connectivity index (χ3n) is 3.87. The van der Waals surface area contributed by atoms with Crippen molar-refractivity contribution in [2.75, 3.05) is 31.1 Å². The van der Waals surface area contributed by atoms with Gasteiger partial charge in [-0.25, -0.2) is 27.2 Å². The zero-order valence-electron chi connectivity index (χ0n) is 13.2. The number of benzene rings is 1. The van der Waals surface area contributed by atoms with E-state index in [9.17, 15) is 27.3 Å². The molecule has 12 heteroatoms. The second kappa shape index (κ2) is 6.88. The van der Waals surface area contributed by atoms with Crippen molar-refractivity contribution in [2.45, 2.75) is 4.90 Å². The average Bonchev–Trinajstić information content (AvgIpc) is 2.64. The molecule has 0 aliphatic carbocycles. The van der Waals surface area contributed by atoms with Crippen LogP contribution in [-0.2, 0) is 10.0 Å². The Morgan fingerprint density at radius 1 is 1.08 bits per heavy atom. The molecule has 1 aliphatic rings. The van der Waals surface area contributed by atoms with Crippen molar-refractivity contribution in [1.29, 1.82) is 0 Å². The van der Waals surface area contributed by atoms with Gasteiger partial charge < -0.3 is 4.90 Å². The molecule has 0 atom stereocenters. The van der Waals surface area contributed by atoms with E-state index in [1.165, 1.54) is 0 Å². The summed E-state index contributed by atoms with van der Waals surface area (Å²) in [6, 6.07) is 2.26. The molecule has 0 radical (unpaired) electrons. The van der Waals surface area contributed by atoms with Crippen LogP contribution < -0.4 is 4.90 Å². The van der Waals surface area contributed by atoms with Crippen molar-refractivity contribution in [2.24, 2.45) is 0 Å². The molecule has 0 amide bonds. The molecule has 0 unspecified atom stereocenters. The van der Waals surface area contributed by atoms with Crippen LogP contribution in [0.2, 0.25) is 0 Å². The minimum Gasteiger partial charge on any atom is -0.338 e. The lowest BCUT2D eigenvalue weighted by Gasteiger charge is -2.33. The monoisotopic (exact) mass is 385 g/mol. The quantitative estimate of drug-likeness (QED) is 0.574. The smallest absolute Gasteiger partial charge is 0.305 e. The van der Waals surface area contributed by atoms with Gasteiger partial charge in [-0.05, 0) is 18.2 Å². The standard InChI is InChI=1S/C14H13F2N5O4S/c15-10-1-2-12(16)13(7-10)26(24,25)20-5-3-19(4-6-20)14-17-8-11(9-18-14)21(22)23/h1-2,7-9H,3-6H2. The fraction of sp³-hybridized carbons (Fsp3) is 0.286. The van der Waals surface area contributed by atoms with Crippen molar-refractivity contribution in [3.8, 4) is 0 Å². The van der Waals surface area contributed by atoms with E-state index in [-0.39, 0.29) is 37.8 Å². The molecule has 0 N–H and O–H groups in total. The Kier molecular flexibility index (Phi) is 4.78. The lowest BCUT2D eigenvalue weighted by Crippen LogP contribution is -2.49. The number of halogens is 2. The van der Waals surface area contributed by atoms with Gasteiger partial charge >= 0.3 is 5.69 Å². The highest BCUT2D eigenvalue weighted by atomic mass is 32.2. The lowest BCUT2D eigenvalue weighted by molar-refractivity contribution is -0.385. The van der Waals surface area contributed by atoms with Crippen LogP contribution in [0.5, 0.6) is 0 Å². The first kappa shape index (κ1) is 18.1. The number of aromatic nitrogens is 2. The molecule has 1 aromatic heterocycles. The van der Waals surface area contributed by atoms with Gasteiger partial charge in [-0.15, -0.1) is 0 Å². The molecule has 0 spiro atoms. The highest BCUT2D eigenvalue weighted by Crippen LogP contribution is 2.22. The maximum atomic E-state index is 13.8. The first-order chi connectivity index (χ1) is 12.3. The SMILES string of the molecule is O=[N+]([O-])c1cnc(N2CCN(S(=O)(=O)c3cc(F)ccc3F)CC2)nc1. The molecule has 9 nitrogen and oxygen atoms in total. The van der Waals surface area contributed by atoms with Gasteiger partial charge in [0.25, 0.3) is 0 Å². The van der Waals surface area contributed by atoms with Gasteiger partial charge in [0.05, 0.1) is 4.92 Å². The summed E-state index contributed by atoms with van der Waals surface area (Å²) in [5.41, 5.74) is -0.253. The maximum absolute atomic E-state index is 13.8. The second-order valence-electron chi connectivity index (χ2n) is 5.46. The molecule has 1 fully saturated rings. The Morgan fingerprint density at radius 3 is 2.27 bits per heavy atom. The van der Waals surface area contributed by atoms with Crippen LogP contribution in [0.25, 0.3) is 0 Å². The van der Waals surface area contributed by atoms with Crippen LogP contribution >= 0.6 is 0 Å². The Morgan fingerprint density at radius 2 is 1.69 bits per heavy atom. The number of anilines is 1. The Balaban J connectivity index is 1.73. The fourth-order valence-corrected chi connectivity index (χ4v) is 4.01. The normalized spacial score (nSPS) is 15.8. The zero-order valence-corrected chi connectivity index (χ0v) is 14.1. The molecule has 138 valence electrons. The molecular formula is C14H13F2N5O4S. The van der Waals surface area contributed by atoms with Crippen molar-refractivity contribution in [3.63, 3.8) is 0 Å². The molecule has 26 heavy (non-hydrogen) atoms. The van der Waals surface area contributed by atoms with E-state index in [4.69, 9.17) is 0 Å². The van der Waals surface area contributed by atoms with E-state index in [1.807, 2.05) is 0 Å². The summed E-state index contributed by atoms with van der Waals surface area (Å²) in [5, 5.41) is 10.6. The summed E-state index contributed by atoms with van der Waals surface area (Å²) in [6.07, 6.45) is 2.13. The number of hydrogen-bond acceptors (Lipinski definition) is 7. The van der Waals surface area contributed by atoms with E-state index in [0.29, 0.717) is 6.07 Å². The summed E-state index contributed by atoms with van der Waals surface area (Å²) in [6.45, 7) is 0.430. The summed E-state index contributed by atoms with van der Waals surface area (Å²) in [4.78, 5) is 18.7. The van der Waals surface area contributed by atoms with Crippen LogP contribution in [0.1, 0.15) is 0 Å². The van der Waals surface area contributed by atoms with Crippen LogP contribution in [0.3, 0.4) is 0 Å². The summed E-state index contributed by atoms with van der Waals surface area (Å²) >= 11 is 0. The number of sulfonamides is 1. The van der Waals surface area contributed by atoms with E-state index >= 15 is 0 Å². The fourth-order valence-electron chi connectivity index (χ4n) is 2.51. The largest absolute Gasteiger partial charge is 0.338 e. The Bertz CT molecular complexity index is 931. The molecule has 1 aliphatic heterocycles. The van der Waals surface area contributed by atoms with Gasteiger partial charge in [-0.1, -0.05) is 0 Å². The second-order valence-corrected chi connectivity index (χ2v) is 7.37. The van der Waals surface area contributed by atoms with Crippen molar-refractivity contribution < 1.29 is 22.1 Å². The molecule has 0 bridgehead atoms. The van der Waals surface area contributed by atoms with Crippen LogP contribution in [-0.4, -0.2) is 53.8 Å². The molecule has 1 aromatic carbocycles. The number of nitrogens with zero attached hydrogens (tertiary/aromatic N) is 5. The van der Waals surface area contributed by atoms with Gasteiger partial charge in [0.2, 0.25) is 16.0 Å². The third-order valence-corrected chi connectivity index (χ3v) is 5.78. The minimum absolute atomic E-state index is 0.0125. The highest BCUT2D eigenvalue weighted by molar-refractivity contribution is 7.89. The van der Waals surface area contributed by atoms with Crippen molar-refractivity contribution in [3.05, 3.63) is 52.3 Å². The molecule has 2 heterocycles. The predicted octanol–water partition coefficient (Wildman–Crippen LogP) is 1.17. The number of rotatable bonds is 4. The number of piperazine rings is 1. The minimum atomic E-state index is -4.18. The van der Waals surface area contributed by atoms with Crippen LogP contribution in [0.4, 0.5) is 20.4 Å². The number of hydrogen-bond donors (Lipinski definition) is 0. The number of nitro groups is 1. The van der Waals surface area contributed by atoms with Gasteiger partial charge in [0.1, 0.15) is 28.9 Å². The van der Waals surface area contributed by atoms with Crippen molar-refractivity contribution in [1.82, 2.24) is 14.3 Å². The van der Waals surface area contributed by atoms with Gasteiger partial charge in [0, 0.05) is 26.2 Å². The third kappa shape index (κ3) is 3.46. The Labute approximate surface area is 147 Å². The van der Waals surface area contributed by atoms with Gasteiger partial charge in [0.15, 0.2) is 0 Å². The summed E-state index contributed by atoms with van der Waals surface area (Å²) in [5.74, 6) is -1.64. The van der Waals surface area contributed by atoms with E-state index in [1.54, 1.807) is 4.90 Å². The molecular weight excluding hydrogens is 372 g/mol. The van der Waals surface area contributed by atoms with Gasteiger partial charge in [-0.3, -0.25) is 10.1 Å². The van der Waals surface area contributed by atoms with E-state index in [0.717, 1.165) is 28.8 Å². The topological polar surface area (TPSA) is 110 Å². The molecule has 2 aromatic rings. The van der Waals surface area contributed by atoms with Crippen LogP contribution in [0, 0.1) is 21.7 Å². The lowest BCUT2D eigenvalue weighted by atomic mass is 10.3. The van der Waals surface area contributed by atoms with Crippen molar-refractivity contribution >= 4 is 21.7 Å². The molecule has 0 saturated carbocycles. The average molecular weight is 385 g/mol. The predicted molar refractivity (Wildman–Crippen MR) is 86.0 cm³/mol. The van der Waals surface area contributed by atoms with Gasteiger partial charge in [-0.2, -0.15) is 4.31 Å². The summed E-state index contributed by atoms with van der Waals surface area (Å²) in [7, 11) is -4.18. The maximum Gasteiger partial charge on any atom is 0.305 e. The summed E-state index contributed by atoms with van der Waals surface area (Å²) < 4.78 is 53.2. The molecule has 3 rings (SSSR count).